The number of hydrogen-bond donors (Lipinski definition) is 2. The van der Waals surface area contributed by atoms with E-state index in [4.69, 9.17) is 5.73 Å². The van der Waals surface area contributed by atoms with Gasteiger partial charge in [0.25, 0.3) is 0 Å². The van der Waals surface area contributed by atoms with E-state index in [1.807, 2.05) is 0 Å². The van der Waals surface area contributed by atoms with Crippen LogP contribution in [-0.2, 0) is 7.05 Å². The molecule has 0 saturated carbocycles. The van der Waals surface area contributed by atoms with Gasteiger partial charge in [0.1, 0.15) is 5.82 Å². The maximum Gasteiger partial charge on any atom is 0.339 e. The summed E-state index contributed by atoms with van der Waals surface area (Å²) in [6, 6.07) is 2.66. The van der Waals surface area contributed by atoms with Gasteiger partial charge in [-0.25, -0.2) is 4.39 Å². The lowest BCUT2D eigenvalue weighted by atomic mass is 10.1. The van der Waals surface area contributed by atoms with Crippen molar-refractivity contribution in [3.8, 4) is 0 Å². The Hall–Kier alpha value is -1.93. The van der Waals surface area contributed by atoms with E-state index in [9.17, 15) is 14.0 Å². The monoisotopic (exact) mass is 310 g/mol. The number of aromatic amines is 1. The van der Waals surface area contributed by atoms with Crippen molar-refractivity contribution >= 4 is 11.8 Å². The van der Waals surface area contributed by atoms with Gasteiger partial charge in [0.2, 0.25) is 0 Å². The summed E-state index contributed by atoms with van der Waals surface area (Å²) in [5.41, 5.74) is 5.28. The van der Waals surface area contributed by atoms with Gasteiger partial charge in [0.05, 0.1) is 0 Å². The third kappa shape index (κ3) is 3.22. The van der Waals surface area contributed by atoms with Crippen molar-refractivity contribution in [1.29, 1.82) is 0 Å². The molecule has 0 fully saturated rings. The SMILES string of the molecule is Cc1cc(Sc2nc(=O)c(=O)[nH]n2C)c([C@@H](C)N)cc1F. The molecule has 21 heavy (non-hydrogen) atoms. The second-order valence-corrected chi connectivity index (χ2v) is 5.74. The lowest BCUT2D eigenvalue weighted by Crippen LogP contribution is -2.33. The molecule has 1 aromatic heterocycles. The minimum atomic E-state index is -0.864. The summed E-state index contributed by atoms with van der Waals surface area (Å²) < 4.78 is 15.0. The molecular formula is C13H15FN4O2S. The number of nitrogens with one attached hydrogen (secondary N) is 1. The summed E-state index contributed by atoms with van der Waals surface area (Å²) in [6.45, 7) is 3.39. The Bertz CT molecular complexity index is 798. The normalized spacial score (nSPS) is 12.4. The van der Waals surface area contributed by atoms with E-state index in [1.165, 1.54) is 10.7 Å². The van der Waals surface area contributed by atoms with Crippen LogP contribution in [0.1, 0.15) is 24.1 Å². The predicted molar refractivity (Wildman–Crippen MR) is 78.0 cm³/mol. The van der Waals surface area contributed by atoms with Crippen LogP contribution in [0.3, 0.4) is 0 Å². The van der Waals surface area contributed by atoms with Gasteiger partial charge in [-0.15, -0.1) is 0 Å². The Morgan fingerprint density at radius 3 is 2.71 bits per heavy atom. The first kappa shape index (κ1) is 15.5. The summed E-state index contributed by atoms with van der Waals surface area (Å²) in [4.78, 5) is 26.9. The van der Waals surface area contributed by atoms with Gasteiger partial charge in [-0.05, 0) is 48.9 Å². The number of aromatic nitrogens is 3. The van der Waals surface area contributed by atoms with Gasteiger partial charge in [0, 0.05) is 18.0 Å². The summed E-state index contributed by atoms with van der Waals surface area (Å²) >= 11 is 1.15. The Labute approximate surface area is 124 Å². The van der Waals surface area contributed by atoms with Gasteiger partial charge in [-0.3, -0.25) is 19.4 Å². The van der Waals surface area contributed by atoms with Crippen LogP contribution in [0.15, 0.2) is 31.8 Å². The van der Waals surface area contributed by atoms with E-state index in [0.29, 0.717) is 21.2 Å². The molecule has 8 heteroatoms. The van der Waals surface area contributed by atoms with Crippen molar-refractivity contribution in [3.63, 3.8) is 0 Å². The molecule has 2 aromatic rings. The van der Waals surface area contributed by atoms with Crippen molar-refractivity contribution in [2.45, 2.75) is 29.9 Å². The Balaban J connectivity index is 2.54. The zero-order valence-electron chi connectivity index (χ0n) is 11.8. The maximum absolute atomic E-state index is 13.7. The zero-order valence-corrected chi connectivity index (χ0v) is 12.6. The molecule has 0 bridgehead atoms. The number of halogens is 1. The minimum absolute atomic E-state index is 0.299. The number of rotatable bonds is 3. The van der Waals surface area contributed by atoms with E-state index in [1.54, 1.807) is 27.0 Å². The molecule has 3 N–H and O–H groups in total. The fraction of sp³-hybridized carbons (Fsp3) is 0.308. The predicted octanol–water partition coefficient (Wildman–Crippen LogP) is 1.09. The first-order chi connectivity index (χ1) is 9.79. The second-order valence-electron chi connectivity index (χ2n) is 4.73. The Morgan fingerprint density at radius 1 is 1.43 bits per heavy atom. The summed E-state index contributed by atoms with van der Waals surface area (Å²) in [5.74, 6) is -0.338. The van der Waals surface area contributed by atoms with Crippen molar-refractivity contribution in [2.24, 2.45) is 12.8 Å². The van der Waals surface area contributed by atoms with Crippen LogP contribution in [-0.4, -0.2) is 14.8 Å². The number of nitrogens with zero attached hydrogens (tertiary/aromatic N) is 2. The summed E-state index contributed by atoms with van der Waals surface area (Å²) in [6.07, 6.45) is 0. The molecule has 0 radical (unpaired) electrons. The van der Waals surface area contributed by atoms with E-state index in [2.05, 4.69) is 10.1 Å². The zero-order chi connectivity index (χ0) is 15.7. The van der Waals surface area contributed by atoms with Crippen molar-refractivity contribution < 1.29 is 4.39 Å². The smallest absolute Gasteiger partial charge is 0.324 e. The molecular weight excluding hydrogens is 295 g/mol. The number of H-pyrrole nitrogens is 1. The summed E-state index contributed by atoms with van der Waals surface area (Å²) in [7, 11) is 1.57. The van der Waals surface area contributed by atoms with Crippen LogP contribution in [0.5, 0.6) is 0 Å². The lowest BCUT2D eigenvalue weighted by Gasteiger charge is -2.14. The Morgan fingerprint density at radius 2 is 2.10 bits per heavy atom. The van der Waals surface area contributed by atoms with Crippen molar-refractivity contribution in [1.82, 2.24) is 14.8 Å². The average molecular weight is 310 g/mol. The van der Waals surface area contributed by atoms with Gasteiger partial charge in [0.15, 0.2) is 5.16 Å². The van der Waals surface area contributed by atoms with Crippen LogP contribution in [0.4, 0.5) is 4.39 Å². The van der Waals surface area contributed by atoms with Crippen LogP contribution in [0, 0.1) is 12.7 Å². The van der Waals surface area contributed by atoms with E-state index < -0.39 is 11.1 Å². The van der Waals surface area contributed by atoms with Gasteiger partial charge >= 0.3 is 11.1 Å². The highest BCUT2D eigenvalue weighted by atomic mass is 32.2. The number of aryl methyl sites for hydroxylation is 2. The van der Waals surface area contributed by atoms with Crippen molar-refractivity contribution in [2.75, 3.05) is 0 Å². The third-order valence-corrected chi connectivity index (χ3v) is 4.05. The molecule has 0 saturated heterocycles. The third-order valence-electron chi connectivity index (χ3n) is 2.93. The van der Waals surface area contributed by atoms with Crippen LogP contribution < -0.4 is 16.9 Å². The van der Waals surface area contributed by atoms with Gasteiger partial charge < -0.3 is 5.73 Å². The highest BCUT2D eigenvalue weighted by Crippen LogP contribution is 2.32. The lowest BCUT2D eigenvalue weighted by molar-refractivity contribution is 0.595. The molecule has 0 aliphatic rings. The molecule has 1 heterocycles. The first-order valence-electron chi connectivity index (χ1n) is 6.20. The number of hydrogen-bond acceptors (Lipinski definition) is 5. The van der Waals surface area contributed by atoms with E-state index in [0.717, 1.165) is 11.8 Å². The maximum atomic E-state index is 13.7. The van der Waals surface area contributed by atoms with E-state index >= 15 is 0 Å². The summed E-state index contributed by atoms with van der Waals surface area (Å²) in [5, 5.41) is 2.66. The van der Waals surface area contributed by atoms with Crippen molar-refractivity contribution in [3.05, 3.63) is 49.8 Å². The fourth-order valence-electron chi connectivity index (χ4n) is 1.76. The first-order valence-corrected chi connectivity index (χ1v) is 7.02. The topological polar surface area (TPSA) is 93.8 Å². The molecule has 1 aromatic carbocycles. The number of nitrogens with two attached hydrogens (primary N) is 1. The van der Waals surface area contributed by atoms with Crippen LogP contribution in [0.25, 0.3) is 0 Å². The molecule has 0 spiro atoms. The van der Waals surface area contributed by atoms with E-state index in [-0.39, 0.29) is 11.9 Å². The highest BCUT2D eigenvalue weighted by Gasteiger charge is 2.14. The largest absolute Gasteiger partial charge is 0.339 e. The molecule has 0 unspecified atom stereocenters. The molecule has 2 rings (SSSR count). The molecule has 0 aliphatic heterocycles. The molecule has 112 valence electrons. The molecule has 6 nitrogen and oxygen atoms in total. The molecule has 0 amide bonds. The molecule has 1 atom stereocenters. The number of benzene rings is 1. The van der Waals surface area contributed by atoms with Gasteiger partial charge in [-0.2, -0.15) is 4.98 Å². The fourth-order valence-corrected chi connectivity index (χ4v) is 2.87. The standard InChI is InChI=1S/C13H15FN4O2S/c1-6-4-10(8(7(2)15)5-9(6)14)21-13-16-11(19)12(20)17-18(13)3/h4-5,7H,15H2,1-3H3,(H,17,20)/t7-/m1/s1. The average Bonchev–Trinajstić information content (AvgIpc) is 2.39. The molecule has 0 aliphatic carbocycles. The second kappa shape index (κ2) is 5.82. The van der Waals surface area contributed by atoms with Crippen LogP contribution in [0.2, 0.25) is 0 Å². The van der Waals surface area contributed by atoms with Crippen LogP contribution >= 0.6 is 11.8 Å². The minimum Gasteiger partial charge on any atom is -0.324 e. The Kier molecular flexibility index (Phi) is 4.29. The van der Waals surface area contributed by atoms with Gasteiger partial charge in [-0.1, -0.05) is 0 Å². The quantitative estimate of drug-likeness (QED) is 0.828. The highest BCUT2D eigenvalue weighted by molar-refractivity contribution is 7.99.